The summed E-state index contributed by atoms with van der Waals surface area (Å²) in [4.78, 5) is 24.9. The molecule has 0 bridgehead atoms. The molecule has 22 heavy (non-hydrogen) atoms. The maximum atomic E-state index is 12.3. The normalized spacial score (nSPS) is 18.5. The zero-order valence-electron chi connectivity index (χ0n) is 13.0. The van der Waals surface area contributed by atoms with Crippen LogP contribution >= 0.6 is 11.3 Å². The van der Waals surface area contributed by atoms with Crippen molar-refractivity contribution in [1.29, 1.82) is 0 Å². The third-order valence-corrected chi connectivity index (χ3v) is 5.15. The molecule has 5 nitrogen and oxygen atoms in total. The highest BCUT2D eigenvalue weighted by Gasteiger charge is 2.26. The van der Waals surface area contributed by atoms with E-state index in [1.807, 2.05) is 11.4 Å². The zero-order chi connectivity index (χ0) is 15.9. The molecular weight excluding hydrogens is 298 g/mol. The van der Waals surface area contributed by atoms with Crippen molar-refractivity contribution in [2.75, 3.05) is 6.54 Å². The molecule has 2 unspecified atom stereocenters. The SMILES string of the molecule is CC(NC(=O)c1cccs1)C(=O)NC(CN)C1CCCCC1. The summed E-state index contributed by atoms with van der Waals surface area (Å²) in [5.74, 6) is 0.0911. The van der Waals surface area contributed by atoms with Crippen molar-refractivity contribution in [2.45, 2.75) is 51.1 Å². The quantitative estimate of drug-likeness (QED) is 0.747. The smallest absolute Gasteiger partial charge is 0.261 e. The van der Waals surface area contributed by atoms with Crippen LogP contribution in [-0.4, -0.2) is 30.4 Å². The maximum absolute atomic E-state index is 12.3. The zero-order valence-corrected chi connectivity index (χ0v) is 13.8. The first kappa shape index (κ1) is 17.0. The number of carbonyl (C=O) groups is 2. The number of nitrogens with two attached hydrogens (primary N) is 1. The predicted octanol–water partition coefficient (Wildman–Crippen LogP) is 1.89. The van der Waals surface area contributed by atoms with Crippen molar-refractivity contribution in [3.05, 3.63) is 22.4 Å². The Morgan fingerprint density at radius 2 is 2.05 bits per heavy atom. The lowest BCUT2D eigenvalue weighted by Crippen LogP contribution is -2.52. The Balaban J connectivity index is 1.85. The number of rotatable bonds is 6. The molecule has 1 aromatic rings. The van der Waals surface area contributed by atoms with Crippen LogP contribution in [0.2, 0.25) is 0 Å². The van der Waals surface area contributed by atoms with Crippen molar-refractivity contribution in [3.63, 3.8) is 0 Å². The monoisotopic (exact) mass is 323 g/mol. The molecule has 0 aliphatic heterocycles. The summed E-state index contributed by atoms with van der Waals surface area (Å²) >= 11 is 1.36. The van der Waals surface area contributed by atoms with Crippen LogP contribution in [0.5, 0.6) is 0 Å². The minimum absolute atomic E-state index is 0.00823. The Morgan fingerprint density at radius 3 is 2.64 bits per heavy atom. The Labute approximate surface area is 135 Å². The topological polar surface area (TPSA) is 84.2 Å². The Kier molecular flexibility index (Phi) is 6.39. The van der Waals surface area contributed by atoms with E-state index < -0.39 is 6.04 Å². The van der Waals surface area contributed by atoms with Gasteiger partial charge in [-0.2, -0.15) is 0 Å². The average molecular weight is 323 g/mol. The molecule has 2 rings (SSSR count). The second kappa shape index (κ2) is 8.29. The van der Waals surface area contributed by atoms with Crippen molar-refractivity contribution in [3.8, 4) is 0 Å². The van der Waals surface area contributed by atoms with Crippen LogP contribution in [0.1, 0.15) is 48.7 Å². The molecule has 0 saturated heterocycles. The van der Waals surface area contributed by atoms with Crippen molar-refractivity contribution < 1.29 is 9.59 Å². The largest absolute Gasteiger partial charge is 0.350 e. The molecule has 6 heteroatoms. The molecule has 122 valence electrons. The molecule has 1 aliphatic rings. The van der Waals surface area contributed by atoms with E-state index >= 15 is 0 Å². The van der Waals surface area contributed by atoms with Gasteiger partial charge < -0.3 is 16.4 Å². The summed E-state index contributed by atoms with van der Waals surface area (Å²) < 4.78 is 0. The molecular formula is C16H25N3O2S. The second-order valence-corrected chi connectivity index (χ2v) is 6.87. The van der Waals surface area contributed by atoms with Gasteiger partial charge in [0.25, 0.3) is 5.91 Å². The van der Waals surface area contributed by atoms with E-state index in [9.17, 15) is 9.59 Å². The van der Waals surface area contributed by atoms with Crippen LogP contribution in [0.25, 0.3) is 0 Å². The molecule has 0 radical (unpaired) electrons. The van der Waals surface area contributed by atoms with Crippen LogP contribution in [0, 0.1) is 5.92 Å². The number of nitrogens with one attached hydrogen (secondary N) is 2. The van der Waals surface area contributed by atoms with Gasteiger partial charge in [-0.1, -0.05) is 25.3 Å². The molecule has 1 fully saturated rings. The lowest BCUT2D eigenvalue weighted by molar-refractivity contribution is -0.123. The van der Waals surface area contributed by atoms with E-state index in [-0.39, 0.29) is 17.9 Å². The molecule has 1 aromatic heterocycles. The van der Waals surface area contributed by atoms with E-state index in [0.29, 0.717) is 17.3 Å². The first-order valence-electron chi connectivity index (χ1n) is 7.96. The number of hydrogen-bond donors (Lipinski definition) is 3. The Bertz CT molecular complexity index is 484. The third kappa shape index (κ3) is 4.55. The van der Waals surface area contributed by atoms with Crippen LogP contribution in [0.4, 0.5) is 0 Å². The van der Waals surface area contributed by atoms with E-state index in [2.05, 4.69) is 10.6 Å². The summed E-state index contributed by atoms with van der Waals surface area (Å²) in [6.45, 7) is 2.15. The van der Waals surface area contributed by atoms with Gasteiger partial charge in [0.15, 0.2) is 0 Å². The second-order valence-electron chi connectivity index (χ2n) is 5.92. The molecule has 1 aliphatic carbocycles. The highest BCUT2D eigenvalue weighted by Crippen LogP contribution is 2.26. The molecule has 4 N–H and O–H groups in total. The van der Waals surface area contributed by atoms with Gasteiger partial charge in [-0.15, -0.1) is 11.3 Å². The summed E-state index contributed by atoms with van der Waals surface area (Å²) in [5.41, 5.74) is 5.83. The number of amides is 2. The van der Waals surface area contributed by atoms with Crippen molar-refractivity contribution in [1.82, 2.24) is 10.6 Å². The van der Waals surface area contributed by atoms with Gasteiger partial charge in [0.1, 0.15) is 6.04 Å². The van der Waals surface area contributed by atoms with Crippen LogP contribution in [0.15, 0.2) is 17.5 Å². The minimum atomic E-state index is -0.563. The summed E-state index contributed by atoms with van der Waals surface area (Å²) in [5, 5.41) is 7.59. The van der Waals surface area contributed by atoms with Gasteiger partial charge in [0.2, 0.25) is 5.91 Å². The summed E-state index contributed by atoms with van der Waals surface area (Å²) in [6, 6.07) is 3.01. The summed E-state index contributed by atoms with van der Waals surface area (Å²) in [6.07, 6.45) is 5.94. The fraction of sp³-hybridized carbons (Fsp3) is 0.625. The van der Waals surface area contributed by atoms with Gasteiger partial charge >= 0.3 is 0 Å². The van der Waals surface area contributed by atoms with Gasteiger partial charge in [0.05, 0.1) is 4.88 Å². The molecule has 0 spiro atoms. The van der Waals surface area contributed by atoms with Crippen molar-refractivity contribution in [2.24, 2.45) is 11.7 Å². The first-order chi connectivity index (χ1) is 10.6. The Hall–Kier alpha value is -1.40. The predicted molar refractivity (Wildman–Crippen MR) is 88.8 cm³/mol. The van der Waals surface area contributed by atoms with E-state index in [0.717, 1.165) is 12.8 Å². The highest BCUT2D eigenvalue weighted by molar-refractivity contribution is 7.12. The van der Waals surface area contributed by atoms with Gasteiger partial charge in [-0.05, 0) is 37.1 Å². The standard InChI is InChI=1S/C16H25N3O2S/c1-11(18-16(21)14-8-5-9-22-14)15(20)19-13(10-17)12-6-3-2-4-7-12/h5,8-9,11-13H,2-4,6-7,10,17H2,1H3,(H,18,21)(H,19,20). The number of hydrogen-bond acceptors (Lipinski definition) is 4. The highest BCUT2D eigenvalue weighted by atomic mass is 32.1. The van der Waals surface area contributed by atoms with Crippen molar-refractivity contribution >= 4 is 23.2 Å². The molecule has 0 aromatic carbocycles. The average Bonchev–Trinajstić information content (AvgIpc) is 3.07. The van der Waals surface area contributed by atoms with Gasteiger partial charge in [-0.25, -0.2) is 0 Å². The molecule has 1 saturated carbocycles. The lowest BCUT2D eigenvalue weighted by atomic mass is 9.84. The molecule has 2 amide bonds. The minimum Gasteiger partial charge on any atom is -0.350 e. The first-order valence-corrected chi connectivity index (χ1v) is 8.84. The maximum Gasteiger partial charge on any atom is 0.261 e. The Morgan fingerprint density at radius 1 is 1.32 bits per heavy atom. The van der Waals surface area contributed by atoms with E-state index in [1.54, 1.807) is 13.0 Å². The van der Waals surface area contributed by atoms with E-state index in [1.165, 1.54) is 30.6 Å². The van der Waals surface area contributed by atoms with Crippen LogP contribution in [0.3, 0.4) is 0 Å². The van der Waals surface area contributed by atoms with Crippen LogP contribution in [-0.2, 0) is 4.79 Å². The van der Waals surface area contributed by atoms with Crippen LogP contribution < -0.4 is 16.4 Å². The number of carbonyl (C=O) groups excluding carboxylic acids is 2. The van der Waals surface area contributed by atoms with Gasteiger partial charge in [0, 0.05) is 12.6 Å². The van der Waals surface area contributed by atoms with Gasteiger partial charge in [-0.3, -0.25) is 9.59 Å². The van der Waals surface area contributed by atoms with E-state index in [4.69, 9.17) is 5.73 Å². The molecule has 1 heterocycles. The fourth-order valence-corrected chi connectivity index (χ4v) is 3.58. The summed E-state index contributed by atoms with van der Waals surface area (Å²) in [7, 11) is 0. The third-order valence-electron chi connectivity index (χ3n) is 4.29. The fourth-order valence-electron chi connectivity index (χ4n) is 2.95. The number of thiophene rings is 1. The molecule has 2 atom stereocenters. The lowest BCUT2D eigenvalue weighted by Gasteiger charge is -2.31.